The zero-order valence-electron chi connectivity index (χ0n) is 14.1. The molecule has 3 nitrogen and oxygen atoms in total. The van der Waals surface area contributed by atoms with Gasteiger partial charge in [-0.1, -0.05) is 27.7 Å². The van der Waals surface area contributed by atoms with E-state index < -0.39 is 0 Å². The Labute approximate surface area is 120 Å². The van der Waals surface area contributed by atoms with Crippen molar-refractivity contribution in [2.75, 3.05) is 40.3 Å². The van der Waals surface area contributed by atoms with Crippen LogP contribution < -0.4 is 5.32 Å². The van der Waals surface area contributed by atoms with Crippen LogP contribution in [-0.2, 0) is 0 Å². The van der Waals surface area contributed by atoms with Gasteiger partial charge in [-0.25, -0.2) is 0 Å². The number of likely N-dealkylation sites (N-methyl/N-ethyl adjacent to an activating group) is 1. The van der Waals surface area contributed by atoms with Crippen molar-refractivity contribution in [2.45, 2.75) is 46.7 Å². The summed E-state index contributed by atoms with van der Waals surface area (Å²) in [5.41, 5.74) is 0. The van der Waals surface area contributed by atoms with E-state index in [0.29, 0.717) is 12.0 Å². The minimum absolute atomic E-state index is 0.673. The highest BCUT2D eigenvalue weighted by Gasteiger charge is 2.34. The van der Waals surface area contributed by atoms with Crippen LogP contribution in [0.2, 0.25) is 0 Å². The molecule has 1 fully saturated rings. The lowest BCUT2D eigenvalue weighted by atomic mass is 10.0. The Kier molecular flexibility index (Phi) is 6.78. The zero-order valence-corrected chi connectivity index (χ0v) is 14.1. The number of hydrogen-bond acceptors (Lipinski definition) is 3. The first-order valence-corrected chi connectivity index (χ1v) is 7.94. The third-order valence-corrected chi connectivity index (χ3v) is 4.68. The molecule has 0 aliphatic carbocycles. The molecule has 3 heteroatoms. The number of nitrogens with one attached hydrogen (secondary N) is 1. The predicted molar refractivity (Wildman–Crippen MR) is 84.5 cm³/mol. The molecule has 1 rings (SSSR count). The maximum absolute atomic E-state index is 3.60. The maximum atomic E-state index is 3.60. The Hall–Kier alpha value is -0.120. The fraction of sp³-hybridized carbons (Fsp3) is 1.00. The Morgan fingerprint density at radius 3 is 2.21 bits per heavy atom. The average molecular weight is 269 g/mol. The quantitative estimate of drug-likeness (QED) is 0.764. The molecule has 1 N–H and O–H groups in total. The first kappa shape index (κ1) is 16.9. The van der Waals surface area contributed by atoms with Gasteiger partial charge in [-0.3, -0.25) is 4.90 Å². The standard InChI is InChI=1S/C16H35N3/c1-12(2)8-17-9-13(3)15(5)19-10-14(4)16(11-19)18(6)7/h12-17H,8-11H2,1-7H3. The highest BCUT2D eigenvalue weighted by Crippen LogP contribution is 2.24. The summed E-state index contributed by atoms with van der Waals surface area (Å²) in [7, 11) is 4.42. The number of nitrogens with zero attached hydrogens (tertiary/aromatic N) is 2. The summed E-state index contributed by atoms with van der Waals surface area (Å²) >= 11 is 0. The Morgan fingerprint density at radius 2 is 1.74 bits per heavy atom. The molecule has 0 aromatic carbocycles. The van der Waals surface area contributed by atoms with Crippen molar-refractivity contribution in [1.82, 2.24) is 15.1 Å². The lowest BCUT2D eigenvalue weighted by molar-refractivity contribution is 0.178. The Balaban J connectivity index is 2.39. The number of hydrogen-bond donors (Lipinski definition) is 1. The van der Waals surface area contributed by atoms with Crippen LogP contribution in [0.1, 0.15) is 34.6 Å². The molecule has 0 saturated carbocycles. The molecule has 4 atom stereocenters. The minimum atomic E-state index is 0.673. The average Bonchev–Trinajstić information content (AvgIpc) is 2.69. The molecule has 0 aromatic heterocycles. The van der Waals surface area contributed by atoms with Gasteiger partial charge in [0.05, 0.1) is 0 Å². The van der Waals surface area contributed by atoms with Crippen LogP contribution in [0.4, 0.5) is 0 Å². The van der Waals surface area contributed by atoms with Crippen molar-refractivity contribution in [2.24, 2.45) is 17.8 Å². The van der Waals surface area contributed by atoms with Crippen LogP contribution in [0.5, 0.6) is 0 Å². The van der Waals surface area contributed by atoms with E-state index >= 15 is 0 Å². The smallest absolute Gasteiger partial charge is 0.0254 e. The summed E-state index contributed by atoms with van der Waals surface area (Å²) in [5.74, 6) is 2.24. The van der Waals surface area contributed by atoms with E-state index in [1.807, 2.05) is 0 Å². The Morgan fingerprint density at radius 1 is 1.11 bits per heavy atom. The van der Waals surface area contributed by atoms with Gasteiger partial charge >= 0.3 is 0 Å². The molecule has 114 valence electrons. The van der Waals surface area contributed by atoms with E-state index in [4.69, 9.17) is 0 Å². The van der Waals surface area contributed by atoms with Crippen LogP contribution in [0, 0.1) is 17.8 Å². The summed E-state index contributed by atoms with van der Waals surface area (Å²) in [5, 5.41) is 3.60. The summed E-state index contributed by atoms with van der Waals surface area (Å²) in [4.78, 5) is 5.07. The van der Waals surface area contributed by atoms with E-state index in [0.717, 1.165) is 31.0 Å². The largest absolute Gasteiger partial charge is 0.316 e. The fourth-order valence-electron chi connectivity index (χ4n) is 3.12. The van der Waals surface area contributed by atoms with Crippen molar-refractivity contribution < 1.29 is 0 Å². The van der Waals surface area contributed by atoms with Crippen molar-refractivity contribution in [3.05, 3.63) is 0 Å². The second-order valence-electron chi connectivity index (χ2n) is 7.23. The molecule has 4 unspecified atom stereocenters. The van der Waals surface area contributed by atoms with E-state index in [1.165, 1.54) is 13.1 Å². The summed E-state index contributed by atoms with van der Waals surface area (Å²) in [6, 6.07) is 1.39. The monoisotopic (exact) mass is 269 g/mol. The van der Waals surface area contributed by atoms with Gasteiger partial charge in [-0.05, 0) is 51.9 Å². The van der Waals surface area contributed by atoms with Gasteiger partial charge in [0.15, 0.2) is 0 Å². The van der Waals surface area contributed by atoms with Crippen molar-refractivity contribution in [3.8, 4) is 0 Å². The zero-order chi connectivity index (χ0) is 14.6. The first-order valence-electron chi connectivity index (χ1n) is 7.94. The Bertz CT molecular complexity index is 252. The van der Waals surface area contributed by atoms with E-state index in [1.54, 1.807) is 0 Å². The fourth-order valence-corrected chi connectivity index (χ4v) is 3.12. The van der Waals surface area contributed by atoms with Crippen LogP contribution in [-0.4, -0.2) is 62.2 Å². The van der Waals surface area contributed by atoms with Crippen LogP contribution >= 0.6 is 0 Å². The van der Waals surface area contributed by atoms with Gasteiger partial charge in [0.25, 0.3) is 0 Å². The lowest BCUT2D eigenvalue weighted by Gasteiger charge is -2.30. The molecular weight excluding hydrogens is 234 g/mol. The van der Waals surface area contributed by atoms with E-state index in [-0.39, 0.29) is 0 Å². The third-order valence-electron chi connectivity index (χ3n) is 4.68. The van der Waals surface area contributed by atoms with Gasteiger partial charge < -0.3 is 10.2 Å². The molecule has 1 aliphatic heterocycles. The summed E-state index contributed by atoms with van der Waals surface area (Å²) < 4.78 is 0. The molecule has 0 bridgehead atoms. The van der Waals surface area contributed by atoms with Crippen molar-refractivity contribution >= 4 is 0 Å². The maximum Gasteiger partial charge on any atom is 0.0254 e. The molecule has 0 amide bonds. The molecule has 0 radical (unpaired) electrons. The van der Waals surface area contributed by atoms with Gasteiger partial charge in [0, 0.05) is 25.2 Å². The van der Waals surface area contributed by atoms with Gasteiger partial charge in [0.2, 0.25) is 0 Å². The molecule has 0 spiro atoms. The lowest BCUT2D eigenvalue weighted by Crippen LogP contribution is -2.42. The highest BCUT2D eigenvalue weighted by atomic mass is 15.3. The second kappa shape index (κ2) is 7.61. The normalized spacial score (nSPS) is 28.3. The van der Waals surface area contributed by atoms with Crippen molar-refractivity contribution in [3.63, 3.8) is 0 Å². The first-order chi connectivity index (χ1) is 8.82. The molecule has 1 saturated heterocycles. The van der Waals surface area contributed by atoms with E-state index in [9.17, 15) is 0 Å². The highest BCUT2D eigenvalue weighted by molar-refractivity contribution is 4.90. The molecule has 1 aliphatic rings. The topological polar surface area (TPSA) is 18.5 Å². The van der Waals surface area contributed by atoms with Gasteiger partial charge in [-0.15, -0.1) is 0 Å². The van der Waals surface area contributed by atoms with Gasteiger partial charge in [0.1, 0.15) is 0 Å². The molecule has 19 heavy (non-hydrogen) atoms. The molecule has 0 aromatic rings. The van der Waals surface area contributed by atoms with Crippen molar-refractivity contribution in [1.29, 1.82) is 0 Å². The summed E-state index contributed by atoms with van der Waals surface area (Å²) in [6.07, 6.45) is 0. The van der Waals surface area contributed by atoms with Gasteiger partial charge in [-0.2, -0.15) is 0 Å². The van der Waals surface area contributed by atoms with Crippen LogP contribution in [0.15, 0.2) is 0 Å². The molecule has 1 heterocycles. The SMILES string of the molecule is CC(C)CNCC(C)C(C)N1CC(C)C(N(C)C)C1. The van der Waals surface area contributed by atoms with Crippen LogP contribution in [0.25, 0.3) is 0 Å². The van der Waals surface area contributed by atoms with E-state index in [2.05, 4.69) is 63.8 Å². The number of rotatable bonds is 7. The minimum Gasteiger partial charge on any atom is -0.316 e. The predicted octanol–water partition coefficient (Wildman–Crippen LogP) is 2.14. The summed E-state index contributed by atoms with van der Waals surface area (Å²) in [6.45, 7) is 16.4. The molecular formula is C16H35N3. The van der Waals surface area contributed by atoms with Crippen LogP contribution in [0.3, 0.4) is 0 Å². The third kappa shape index (κ3) is 5.05. The second-order valence-corrected chi connectivity index (χ2v) is 7.23. The number of likely N-dealkylation sites (tertiary alicyclic amines) is 1.